The molecule has 2 aromatic rings. The van der Waals surface area contributed by atoms with Gasteiger partial charge in [-0.1, -0.05) is 0 Å². The Balaban J connectivity index is 1.93. The van der Waals surface area contributed by atoms with E-state index in [0.29, 0.717) is 23.7 Å². The first kappa shape index (κ1) is 18.7. The van der Waals surface area contributed by atoms with Crippen LogP contribution < -0.4 is 14.4 Å². The van der Waals surface area contributed by atoms with Crippen molar-refractivity contribution in [3.8, 4) is 5.75 Å². The second-order valence-electron chi connectivity index (χ2n) is 5.27. The molecule has 2 rings (SSSR count). The zero-order valence-electron chi connectivity index (χ0n) is 13.9. The predicted octanol–water partition coefficient (Wildman–Crippen LogP) is 2.63. The van der Waals surface area contributed by atoms with E-state index >= 15 is 0 Å². The molecule has 6 nitrogen and oxygen atoms in total. The van der Waals surface area contributed by atoms with E-state index in [1.165, 1.54) is 28.6 Å². The summed E-state index contributed by atoms with van der Waals surface area (Å²) in [6, 6.07) is 11.8. The van der Waals surface area contributed by atoms with Crippen molar-refractivity contribution in [2.75, 3.05) is 29.0 Å². The number of amides is 1. The van der Waals surface area contributed by atoms with Crippen LogP contribution >= 0.6 is 0 Å². The molecule has 0 aliphatic rings. The quantitative estimate of drug-likeness (QED) is 0.817. The Bertz CT molecular complexity index is 821. The second kappa shape index (κ2) is 7.98. The van der Waals surface area contributed by atoms with Gasteiger partial charge in [0.1, 0.15) is 11.6 Å². The molecular weight excluding hydrogens is 347 g/mol. The standard InChI is InChI=1S/C17H19FN2O4S/c1-3-20(25(2,22)23)15-8-10-16(11-9-15)24-12-17(21)19-14-6-4-13(18)5-7-14/h4-11H,3,12H2,1-2H3,(H,19,21). The summed E-state index contributed by atoms with van der Waals surface area (Å²) in [6.07, 6.45) is 1.14. The number of nitrogens with one attached hydrogen (secondary N) is 1. The van der Waals surface area contributed by atoms with Crippen LogP contribution in [-0.4, -0.2) is 33.7 Å². The van der Waals surface area contributed by atoms with Crippen LogP contribution in [0.15, 0.2) is 48.5 Å². The summed E-state index contributed by atoms with van der Waals surface area (Å²) < 4.78 is 42.8. The molecule has 1 amide bonds. The van der Waals surface area contributed by atoms with Crippen molar-refractivity contribution in [1.82, 2.24) is 0 Å². The Morgan fingerprint density at radius 3 is 2.24 bits per heavy atom. The van der Waals surface area contributed by atoms with E-state index in [1.54, 1.807) is 31.2 Å². The molecule has 0 aromatic heterocycles. The van der Waals surface area contributed by atoms with Gasteiger partial charge >= 0.3 is 0 Å². The van der Waals surface area contributed by atoms with E-state index in [9.17, 15) is 17.6 Å². The molecule has 134 valence electrons. The highest BCUT2D eigenvalue weighted by atomic mass is 32.2. The summed E-state index contributed by atoms with van der Waals surface area (Å²) in [5, 5.41) is 2.58. The lowest BCUT2D eigenvalue weighted by Gasteiger charge is -2.20. The fourth-order valence-corrected chi connectivity index (χ4v) is 3.17. The molecule has 0 saturated carbocycles. The van der Waals surface area contributed by atoms with Crippen molar-refractivity contribution in [3.05, 3.63) is 54.3 Å². The average molecular weight is 366 g/mol. The van der Waals surface area contributed by atoms with Crippen LogP contribution in [0.2, 0.25) is 0 Å². The minimum Gasteiger partial charge on any atom is -0.484 e. The number of benzene rings is 2. The summed E-state index contributed by atoms with van der Waals surface area (Å²) in [5.41, 5.74) is 0.991. The third-order valence-corrected chi connectivity index (χ3v) is 4.58. The van der Waals surface area contributed by atoms with Crippen molar-refractivity contribution in [1.29, 1.82) is 0 Å². The minimum atomic E-state index is -3.34. The summed E-state index contributed by atoms with van der Waals surface area (Å²) >= 11 is 0. The molecule has 8 heteroatoms. The summed E-state index contributed by atoms with van der Waals surface area (Å²) in [5.74, 6) is -0.339. The first-order chi connectivity index (χ1) is 11.8. The molecule has 2 aromatic carbocycles. The van der Waals surface area contributed by atoms with Gasteiger partial charge in [0.25, 0.3) is 5.91 Å². The highest BCUT2D eigenvalue weighted by Crippen LogP contribution is 2.21. The molecule has 1 N–H and O–H groups in total. The van der Waals surface area contributed by atoms with Gasteiger partial charge in [-0.25, -0.2) is 12.8 Å². The Morgan fingerprint density at radius 2 is 1.72 bits per heavy atom. The van der Waals surface area contributed by atoms with Crippen LogP contribution in [0.25, 0.3) is 0 Å². The normalized spacial score (nSPS) is 11.0. The fraction of sp³-hybridized carbons (Fsp3) is 0.235. The molecule has 0 spiro atoms. The summed E-state index contributed by atoms with van der Waals surface area (Å²) in [7, 11) is -3.34. The molecule has 0 unspecified atom stereocenters. The number of hydrogen-bond donors (Lipinski definition) is 1. The second-order valence-corrected chi connectivity index (χ2v) is 7.17. The van der Waals surface area contributed by atoms with Crippen LogP contribution in [0, 0.1) is 5.82 Å². The molecule has 0 heterocycles. The van der Waals surface area contributed by atoms with E-state index in [2.05, 4.69) is 5.32 Å². The van der Waals surface area contributed by atoms with E-state index in [4.69, 9.17) is 4.74 Å². The number of anilines is 2. The third kappa shape index (κ3) is 5.46. The van der Waals surface area contributed by atoms with Crippen molar-refractivity contribution in [3.63, 3.8) is 0 Å². The van der Waals surface area contributed by atoms with E-state index in [1.807, 2.05) is 0 Å². The predicted molar refractivity (Wildman–Crippen MR) is 94.8 cm³/mol. The van der Waals surface area contributed by atoms with Gasteiger partial charge in [0.15, 0.2) is 6.61 Å². The van der Waals surface area contributed by atoms with E-state index in [0.717, 1.165) is 6.26 Å². The summed E-state index contributed by atoms with van der Waals surface area (Å²) in [4.78, 5) is 11.8. The molecule has 0 fully saturated rings. The van der Waals surface area contributed by atoms with Gasteiger partial charge in [-0.05, 0) is 55.5 Å². The van der Waals surface area contributed by atoms with Crippen molar-refractivity contribution in [2.45, 2.75) is 6.92 Å². The number of ether oxygens (including phenoxy) is 1. The number of carbonyl (C=O) groups excluding carboxylic acids is 1. The zero-order chi connectivity index (χ0) is 18.4. The number of rotatable bonds is 7. The summed E-state index contributed by atoms with van der Waals surface area (Å²) in [6.45, 7) is 1.84. The minimum absolute atomic E-state index is 0.222. The SMILES string of the molecule is CCN(c1ccc(OCC(=O)Nc2ccc(F)cc2)cc1)S(C)(=O)=O. The van der Waals surface area contributed by atoms with Crippen molar-refractivity contribution < 1.29 is 22.3 Å². The van der Waals surface area contributed by atoms with Gasteiger partial charge in [0.2, 0.25) is 10.0 Å². The first-order valence-electron chi connectivity index (χ1n) is 7.55. The van der Waals surface area contributed by atoms with Gasteiger partial charge in [0.05, 0.1) is 11.9 Å². The molecule has 0 aliphatic heterocycles. The first-order valence-corrected chi connectivity index (χ1v) is 9.40. The maximum absolute atomic E-state index is 12.8. The Labute approximate surface area is 146 Å². The van der Waals surface area contributed by atoms with Crippen LogP contribution in [0.1, 0.15) is 6.92 Å². The van der Waals surface area contributed by atoms with Gasteiger partial charge in [-0.2, -0.15) is 0 Å². The van der Waals surface area contributed by atoms with Crippen LogP contribution in [0.5, 0.6) is 5.75 Å². The third-order valence-electron chi connectivity index (χ3n) is 3.31. The fourth-order valence-electron chi connectivity index (χ4n) is 2.20. The largest absolute Gasteiger partial charge is 0.484 e. The van der Waals surface area contributed by atoms with Crippen LogP contribution in [-0.2, 0) is 14.8 Å². The Hall–Kier alpha value is -2.61. The van der Waals surface area contributed by atoms with Gasteiger partial charge < -0.3 is 10.1 Å². The number of sulfonamides is 1. The molecular formula is C17H19FN2O4S. The number of halogens is 1. The van der Waals surface area contributed by atoms with Gasteiger partial charge in [0, 0.05) is 12.2 Å². The highest BCUT2D eigenvalue weighted by molar-refractivity contribution is 7.92. The Morgan fingerprint density at radius 1 is 1.12 bits per heavy atom. The molecule has 0 saturated heterocycles. The maximum atomic E-state index is 12.8. The number of carbonyl (C=O) groups is 1. The lowest BCUT2D eigenvalue weighted by molar-refractivity contribution is -0.118. The highest BCUT2D eigenvalue weighted by Gasteiger charge is 2.15. The average Bonchev–Trinajstić information content (AvgIpc) is 2.56. The zero-order valence-corrected chi connectivity index (χ0v) is 14.7. The molecule has 25 heavy (non-hydrogen) atoms. The molecule has 0 radical (unpaired) electrons. The molecule has 0 atom stereocenters. The lowest BCUT2D eigenvalue weighted by Crippen LogP contribution is -2.29. The lowest BCUT2D eigenvalue weighted by atomic mass is 10.3. The van der Waals surface area contributed by atoms with Crippen molar-refractivity contribution in [2.24, 2.45) is 0 Å². The van der Waals surface area contributed by atoms with Crippen molar-refractivity contribution >= 4 is 27.3 Å². The maximum Gasteiger partial charge on any atom is 0.262 e. The number of nitrogens with zero attached hydrogens (tertiary/aromatic N) is 1. The monoisotopic (exact) mass is 366 g/mol. The smallest absolute Gasteiger partial charge is 0.262 e. The van der Waals surface area contributed by atoms with E-state index in [-0.39, 0.29) is 18.3 Å². The topological polar surface area (TPSA) is 75.7 Å². The van der Waals surface area contributed by atoms with E-state index < -0.39 is 10.0 Å². The van der Waals surface area contributed by atoms with Crippen LogP contribution in [0.4, 0.5) is 15.8 Å². The molecule has 0 bridgehead atoms. The van der Waals surface area contributed by atoms with Gasteiger partial charge in [-0.3, -0.25) is 9.10 Å². The Kier molecular flexibility index (Phi) is 5.97. The number of hydrogen-bond acceptors (Lipinski definition) is 4. The van der Waals surface area contributed by atoms with Crippen LogP contribution in [0.3, 0.4) is 0 Å². The van der Waals surface area contributed by atoms with Gasteiger partial charge in [-0.15, -0.1) is 0 Å². The molecule has 0 aliphatic carbocycles.